The number of hydrogen-bond acceptors (Lipinski definition) is 5. The van der Waals surface area contributed by atoms with Crippen LogP contribution < -0.4 is 14.2 Å². The highest BCUT2D eigenvalue weighted by Crippen LogP contribution is 2.33. The molecule has 2 aromatic carbocycles. The van der Waals surface area contributed by atoms with Crippen LogP contribution in [0.4, 0.5) is 5.69 Å². The zero-order chi connectivity index (χ0) is 14.7. The second kappa shape index (κ2) is 5.75. The SMILES string of the molecule is COc1ccc(O)c(C=Nc2ccc3c(c2)OCCO3)c1. The van der Waals surface area contributed by atoms with Crippen LogP contribution in [0.25, 0.3) is 0 Å². The first-order valence-electron chi connectivity index (χ1n) is 6.57. The first kappa shape index (κ1) is 13.3. The molecule has 5 nitrogen and oxygen atoms in total. The molecule has 1 N–H and O–H groups in total. The highest BCUT2D eigenvalue weighted by atomic mass is 16.6. The third-order valence-electron chi connectivity index (χ3n) is 3.11. The van der Waals surface area contributed by atoms with Crippen molar-refractivity contribution in [3.63, 3.8) is 0 Å². The second-order valence-corrected chi connectivity index (χ2v) is 4.51. The number of methoxy groups -OCH3 is 1. The topological polar surface area (TPSA) is 60.3 Å². The van der Waals surface area contributed by atoms with Crippen LogP contribution in [-0.2, 0) is 0 Å². The molecular weight excluding hydrogens is 270 g/mol. The Kier molecular flexibility index (Phi) is 3.64. The lowest BCUT2D eigenvalue weighted by molar-refractivity contribution is 0.171. The van der Waals surface area contributed by atoms with Crippen LogP contribution in [0.15, 0.2) is 41.4 Å². The zero-order valence-corrected chi connectivity index (χ0v) is 11.6. The maximum Gasteiger partial charge on any atom is 0.163 e. The Balaban J connectivity index is 1.86. The van der Waals surface area contributed by atoms with Crippen molar-refractivity contribution in [3.8, 4) is 23.0 Å². The van der Waals surface area contributed by atoms with Gasteiger partial charge in [0.1, 0.15) is 24.7 Å². The number of hydrogen-bond donors (Lipinski definition) is 1. The maximum atomic E-state index is 9.81. The van der Waals surface area contributed by atoms with Gasteiger partial charge in [0.15, 0.2) is 11.5 Å². The quantitative estimate of drug-likeness (QED) is 0.881. The predicted molar refractivity (Wildman–Crippen MR) is 79.3 cm³/mol. The maximum absolute atomic E-state index is 9.81. The number of benzene rings is 2. The molecule has 5 heteroatoms. The van der Waals surface area contributed by atoms with Gasteiger partial charge in [-0.2, -0.15) is 0 Å². The molecular formula is C16H15NO4. The van der Waals surface area contributed by atoms with Gasteiger partial charge < -0.3 is 19.3 Å². The summed E-state index contributed by atoms with van der Waals surface area (Å²) in [4.78, 5) is 4.34. The fourth-order valence-electron chi connectivity index (χ4n) is 2.02. The molecule has 108 valence electrons. The number of fused-ring (bicyclic) bond motifs is 1. The molecule has 2 aromatic rings. The Morgan fingerprint density at radius 2 is 1.90 bits per heavy atom. The summed E-state index contributed by atoms with van der Waals surface area (Å²) in [6.07, 6.45) is 1.59. The Labute approximate surface area is 122 Å². The first-order chi connectivity index (χ1) is 10.3. The summed E-state index contributed by atoms with van der Waals surface area (Å²) in [5.41, 5.74) is 1.31. The van der Waals surface area contributed by atoms with Gasteiger partial charge in [0.25, 0.3) is 0 Å². The fraction of sp³-hybridized carbons (Fsp3) is 0.188. The van der Waals surface area contributed by atoms with Crippen LogP contribution >= 0.6 is 0 Å². The van der Waals surface area contributed by atoms with Crippen LogP contribution in [0.2, 0.25) is 0 Å². The molecule has 0 fully saturated rings. The monoisotopic (exact) mass is 285 g/mol. The number of rotatable bonds is 3. The molecule has 0 aliphatic carbocycles. The van der Waals surface area contributed by atoms with E-state index in [0.29, 0.717) is 30.3 Å². The fourth-order valence-corrected chi connectivity index (χ4v) is 2.02. The van der Waals surface area contributed by atoms with Gasteiger partial charge in [-0.25, -0.2) is 0 Å². The third-order valence-corrected chi connectivity index (χ3v) is 3.11. The van der Waals surface area contributed by atoms with E-state index in [0.717, 1.165) is 11.4 Å². The van der Waals surface area contributed by atoms with E-state index in [1.54, 1.807) is 31.5 Å². The Hall–Kier alpha value is -2.69. The molecule has 21 heavy (non-hydrogen) atoms. The first-order valence-corrected chi connectivity index (χ1v) is 6.57. The van der Waals surface area contributed by atoms with Crippen molar-refractivity contribution in [3.05, 3.63) is 42.0 Å². The average Bonchev–Trinajstić information content (AvgIpc) is 2.54. The van der Waals surface area contributed by atoms with E-state index in [1.807, 2.05) is 18.2 Å². The molecule has 0 aromatic heterocycles. The summed E-state index contributed by atoms with van der Waals surface area (Å²) in [6, 6.07) is 10.5. The van der Waals surface area contributed by atoms with Crippen LogP contribution in [-0.4, -0.2) is 31.6 Å². The minimum atomic E-state index is 0.150. The molecule has 3 rings (SSSR count). The third kappa shape index (κ3) is 2.91. The second-order valence-electron chi connectivity index (χ2n) is 4.51. The minimum Gasteiger partial charge on any atom is -0.507 e. The van der Waals surface area contributed by atoms with Gasteiger partial charge in [-0.15, -0.1) is 0 Å². The largest absolute Gasteiger partial charge is 0.507 e. The standard InChI is InChI=1S/C16H15NO4/c1-19-13-3-4-14(18)11(8-13)10-17-12-2-5-15-16(9-12)21-7-6-20-15/h2-5,8-10,18H,6-7H2,1H3. The van der Waals surface area contributed by atoms with Crippen LogP contribution in [0, 0.1) is 0 Å². The molecule has 1 aliphatic heterocycles. The molecule has 0 spiro atoms. The van der Waals surface area contributed by atoms with E-state index >= 15 is 0 Å². The molecule has 0 unspecified atom stereocenters. The molecule has 0 radical (unpaired) electrons. The Morgan fingerprint density at radius 3 is 2.71 bits per heavy atom. The molecule has 0 bridgehead atoms. The lowest BCUT2D eigenvalue weighted by Gasteiger charge is -2.18. The van der Waals surface area contributed by atoms with Crippen molar-refractivity contribution in [1.29, 1.82) is 0 Å². The van der Waals surface area contributed by atoms with Crippen molar-refractivity contribution < 1.29 is 19.3 Å². The van der Waals surface area contributed by atoms with Gasteiger partial charge in [0.05, 0.1) is 12.8 Å². The number of aromatic hydroxyl groups is 1. The van der Waals surface area contributed by atoms with Gasteiger partial charge in [0.2, 0.25) is 0 Å². The van der Waals surface area contributed by atoms with E-state index < -0.39 is 0 Å². The summed E-state index contributed by atoms with van der Waals surface area (Å²) in [6.45, 7) is 1.10. The zero-order valence-electron chi connectivity index (χ0n) is 11.6. The van der Waals surface area contributed by atoms with Gasteiger partial charge >= 0.3 is 0 Å². The average molecular weight is 285 g/mol. The molecule has 1 heterocycles. The van der Waals surface area contributed by atoms with Crippen molar-refractivity contribution in [2.75, 3.05) is 20.3 Å². The minimum absolute atomic E-state index is 0.150. The van der Waals surface area contributed by atoms with Crippen LogP contribution in [0.5, 0.6) is 23.0 Å². The Bertz CT molecular complexity index is 682. The number of ether oxygens (including phenoxy) is 3. The van der Waals surface area contributed by atoms with E-state index in [-0.39, 0.29) is 5.75 Å². The van der Waals surface area contributed by atoms with Gasteiger partial charge in [0, 0.05) is 17.8 Å². The van der Waals surface area contributed by atoms with Gasteiger partial charge in [-0.3, -0.25) is 4.99 Å². The van der Waals surface area contributed by atoms with Crippen molar-refractivity contribution in [1.82, 2.24) is 0 Å². The van der Waals surface area contributed by atoms with E-state index in [1.165, 1.54) is 0 Å². The van der Waals surface area contributed by atoms with Crippen molar-refractivity contribution in [2.45, 2.75) is 0 Å². The van der Waals surface area contributed by atoms with Crippen molar-refractivity contribution >= 4 is 11.9 Å². The number of phenolic OH excluding ortho intramolecular Hbond substituents is 1. The van der Waals surface area contributed by atoms with Crippen LogP contribution in [0.3, 0.4) is 0 Å². The summed E-state index contributed by atoms with van der Waals surface area (Å²) in [7, 11) is 1.58. The number of nitrogens with zero attached hydrogens (tertiary/aromatic N) is 1. The molecule has 0 saturated heterocycles. The summed E-state index contributed by atoms with van der Waals surface area (Å²) < 4.78 is 16.1. The van der Waals surface area contributed by atoms with Gasteiger partial charge in [-0.1, -0.05) is 0 Å². The summed E-state index contributed by atoms with van der Waals surface area (Å²) >= 11 is 0. The molecule has 0 amide bonds. The molecule has 0 atom stereocenters. The van der Waals surface area contributed by atoms with E-state index in [9.17, 15) is 5.11 Å². The van der Waals surface area contributed by atoms with E-state index in [2.05, 4.69) is 4.99 Å². The summed E-state index contributed by atoms with van der Waals surface area (Å²) in [5, 5.41) is 9.81. The molecule has 0 saturated carbocycles. The van der Waals surface area contributed by atoms with E-state index in [4.69, 9.17) is 14.2 Å². The van der Waals surface area contributed by atoms with Gasteiger partial charge in [-0.05, 0) is 30.3 Å². The highest BCUT2D eigenvalue weighted by molar-refractivity contribution is 5.86. The highest BCUT2D eigenvalue weighted by Gasteiger charge is 2.11. The predicted octanol–water partition coefficient (Wildman–Crippen LogP) is 2.92. The van der Waals surface area contributed by atoms with Crippen LogP contribution in [0.1, 0.15) is 5.56 Å². The normalized spacial score (nSPS) is 13.4. The molecule has 1 aliphatic rings. The Morgan fingerprint density at radius 1 is 1.10 bits per heavy atom. The summed E-state index contributed by atoms with van der Waals surface area (Å²) in [5.74, 6) is 2.23. The smallest absolute Gasteiger partial charge is 0.163 e. The van der Waals surface area contributed by atoms with Crippen molar-refractivity contribution in [2.24, 2.45) is 4.99 Å². The lowest BCUT2D eigenvalue weighted by Crippen LogP contribution is -2.14. The number of phenols is 1. The lowest BCUT2D eigenvalue weighted by atomic mass is 10.2. The number of aliphatic imine (C=N–C) groups is 1.